The number of nitrogens with one attached hydrogen (secondary N) is 1. The summed E-state index contributed by atoms with van der Waals surface area (Å²) < 4.78 is 95.8. The molecule has 0 amide bonds. The molecule has 4 rings (SSSR count). The van der Waals surface area contributed by atoms with Gasteiger partial charge in [0.05, 0.1) is 26.6 Å². The smallest absolute Gasteiger partial charge is 0.296 e. The van der Waals surface area contributed by atoms with Gasteiger partial charge >= 0.3 is 0 Å². The van der Waals surface area contributed by atoms with E-state index >= 15 is 0 Å². The molecule has 12 nitrogen and oxygen atoms in total. The van der Waals surface area contributed by atoms with Gasteiger partial charge in [-0.1, -0.05) is 35.9 Å². The fourth-order valence-electron chi connectivity index (χ4n) is 3.51. The molecule has 0 aliphatic heterocycles. The van der Waals surface area contributed by atoms with E-state index in [4.69, 9.17) is 0 Å². The van der Waals surface area contributed by atoms with Gasteiger partial charge in [-0.3, -0.25) is 13.8 Å². The minimum Gasteiger partial charge on any atom is -0.505 e. The molecule has 0 spiro atoms. The number of sulfonamides is 1. The molecule has 0 heterocycles. The van der Waals surface area contributed by atoms with Gasteiger partial charge in [-0.2, -0.15) is 21.9 Å². The highest BCUT2D eigenvalue weighted by Gasteiger charge is 2.27. The van der Waals surface area contributed by atoms with E-state index in [1.807, 2.05) is 0 Å². The van der Waals surface area contributed by atoms with Crippen molar-refractivity contribution in [3.63, 3.8) is 0 Å². The number of anilines is 1. The zero-order valence-electron chi connectivity index (χ0n) is 19.3. The summed E-state index contributed by atoms with van der Waals surface area (Å²) in [5.41, 5.74) is -0.229. The molecule has 0 radical (unpaired) electrons. The maximum absolute atomic E-state index is 13.1. The molecule has 0 saturated heterocycles. The van der Waals surface area contributed by atoms with Crippen LogP contribution >= 0.6 is 0 Å². The third kappa shape index (κ3) is 5.66. The molecule has 198 valence electrons. The number of phenolic OH excluding ortho intramolecular Hbond substituents is 1. The zero-order chi connectivity index (χ0) is 27.9. The van der Waals surface area contributed by atoms with Crippen molar-refractivity contribution in [1.29, 1.82) is 0 Å². The fourth-order valence-corrected chi connectivity index (χ4v) is 5.77. The predicted molar refractivity (Wildman–Crippen MR) is 138 cm³/mol. The monoisotopic (exact) mass is 577 g/mol. The number of nitrogens with zero attached hydrogens (tertiary/aromatic N) is 2. The zero-order valence-corrected chi connectivity index (χ0v) is 21.8. The van der Waals surface area contributed by atoms with Crippen molar-refractivity contribution < 1.29 is 39.5 Å². The Morgan fingerprint density at radius 1 is 0.737 bits per heavy atom. The SMILES string of the molecule is Cc1ccc(S(=O)(=O)Nc2cc(S(=O)(=O)O)cc3cc(S(=O)(=O)O)c(/N=N/c4ccccc4)c(O)c23)cc1. The van der Waals surface area contributed by atoms with E-state index in [1.54, 1.807) is 25.1 Å². The maximum Gasteiger partial charge on any atom is 0.296 e. The third-order valence-electron chi connectivity index (χ3n) is 5.30. The topological polar surface area (TPSA) is 200 Å². The number of hydrogen-bond acceptors (Lipinski definition) is 9. The Hall–Kier alpha value is -3.89. The molecule has 4 aromatic carbocycles. The number of aromatic hydroxyl groups is 1. The molecular formula is C23H19N3O9S3. The fraction of sp³-hybridized carbons (Fsp3) is 0.0435. The normalized spacial score (nSPS) is 12.7. The molecule has 0 fully saturated rings. The second-order valence-corrected chi connectivity index (χ2v) is 12.5. The summed E-state index contributed by atoms with van der Waals surface area (Å²) in [5.74, 6) is -0.932. The molecule has 15 heteroatoms. The highest BCUT2D eigenvalue weighted by Crippen LogP contribution is 2.45. The van der Waals surface area contributed by atoms with E-state index in [-0.39, 0.29) is 21.4 Å². The Kier molecular flexibility index (Phi) is 6.98. The number of phenols is 1. The van der Waals surface area contributed by atoms with Crippen LogP contribution in [0, 0.1) is 6.92 Å². The number of benzene rings is 4. The van der Waals surface area contributed by atoms with Crippen LogP contribution < -0.4 is 4.72 Å². The number of rotatable bonds is 7. The van der Waals surface area contributed by atoms with Gasteiger partial charge in [0.15, 0.2) is 5.75 Å². The highest BCUT2D eigenvalue weighted by molar-refractivity contribution is 7.92. The number of fused-ring (bicyclic) bond motifs is 1. The van der Waals surface area contributed by atoms with Gasteiger partial charge in [-0.15, -0.1) is 5.11 Å². The first-order valence-corrected chi connectivity index (χ1v) is 14.9. The Labute approximate surface area is 217 Å². The van der Waals surface area contributed by atoms with Crippen LogP contribution in [0.15, 0.2) is 97.7 Å². The first-order valence-electron chi connectivity index (χ1n) is 10.5. The Morgan fingerprint density at radius 3 is 1.95 bits per heavy atom. The van der Waals surface area contributed by atoms with Gasteiger partial charge in [0, 0.05) is 0 Å². The molecule has 38 heavy (non-hydrogen) atoms. The van der Waals surface area contributed by atoms with Crippen molar-refractivity contribution in [2.24, 2.45) is 10.2 Å². The minimum absolute atomic E-state index is 0.202. The van der Waals surface area contributed by atoms with Gasteiger partial charge in [0.25, 0.3) is 30.3 Å². The van der Waals surface area contributed by atoms with Gasteiger partial charge < -0.3 is 5.11 Å². The predicted octanol–water partition coefficient (Wildman–Crippen LogP) is 4.56. The van der Waals surface area contributed by atoms with Gasteiger partial charge in [0.2, 0.25) is 0 Å². The summed E-state index contributed by atoms with van der Waals surface area (Å²) in [5, 5.41) is 18.0. The molecular weight excluding hydrogens is 558 g/mol. The van der Waals surface area contributed by atoms with E-state index in [9.17, 15) is 39.5 Å². The highest BCUT2D eigenvalue weighted by atomic mass is 32.2. The van der Waals surface area contributed by atoms with E-state index < -0.39 is 57.2 Å². The summed E-state index contributed by atoms with van der Waals surface area (Å²) in [6.45, 7) is 1.74. The summed E-state index contributed by atoms with van der Waals surface area (Å²) in [4.78, 5) is -1.96. The van der Waals surface area contributed by atoms with Crippen LogP contribution in [0.25, 0.3) is 10.8 Å². The van der Waals surface area contributed by atoms with Crippen LogP contribution in [0.1, 0.15) is 5.56 Å². The van der Waals surface area contributed by atoms with Crippen LogP contribution in [-0.2, 0) is 30.3 Å². The Balaban J connectivity index is 2.03. The van der Waals surface area contributed by atoms with Crippen molar-refractivity contribution in [3.05, 3.63) is 78.4 Å². The molecule has 0 atom stereocenters. The number of hydrogen-bond donors (Lipinski definition) is 4. The van der Waals surface area contributed by atoms with Crippen molar-refractivity contribution in [2.75, 3.05) is 4.72 Å². The average molecular weight is 578 g/mol. The largest absolute Gasteiger partial charge is 0.505 e. The quantitative estimate of drug-likeness (QED) is 0.179. The Morgan fingerprint density at radius 2 is 1.37 bits per heavy atom. The van der Waals surface area contributed by atoms with Gasteiger partial charge in [-0.25, -0.2) is 8.42 Å². The standard InChI is InChI=1S/C23H19N3O9S3/c1-14-7-9-17(10-8-14)36(28,29)26-19-13-18(37(30,31)32)11-15-12-20(38(33,34)35)22(23(27)21(15)19)25-24-16-5-3-2-4-6-16/h2-13,26-27H,1H3,(H,30,31,32)(H,33,34,35)/b25-24+. The lowest BCUT2D eigenvalue weighted by atomic mass is 10.1. The van der Waals surface area contributed by atoms with E-state index in [0.29, 0.717) is 0 Å². The van der Waals surface area contributed by atoms with E-state index in [1.165, 1.54) is 36.4 Å². The van der Waals surface area contributed by atoms with Gasteiger partial charge in [0.1, 0.15) is 10.6 Å². The van der Waals surface area contributed by atoms with Crippen molar-refractivity contribution in [1.82, 2.24) is 0 Å². The van der Waals surface area contributed by atoms with Crippen LogP contribution in [0.5, 0.6) is 5.75 Å². The molecule has 0 unspecified atom stereocenters. The summed E-state index contributed by atoms with van der Waals surface area (Å²) in [6.07, 6.45) is 0. The first-order chi connectivity index (χ1) is 17.7. The molecule has 0 aromatic heterocycles. The lowest BCUT2D eigenvalue weighted by molar-refractivity contribution is 0.472. The van der Waals surface area contributed by atoms with E-state index in [0.717, 1.165) is 23.8 Å². The maximum atomic E-state index is 13.1. The van der Waals surface area contributed by atoms with Crippen LogP contribution in [0.4, 0.5) is 17.1 Å². The average Bonchev–Trinajstić information content (AvgIpc) is 2.82. The summed E-state index contributed by atoms with van der Waals surface area (Å²) in [6, 6.07) is 15.9. The van der Waals surface area contributed by atoms with E-state index in [2.05, 4.69) is 15.0 Å². The van der Waals surface area contributed by atoms with Crippen LogP contribution in [0.2, 0.25) is 0 Å². The van der Waals surface area contributed by atoms with Crippen LogP contribution in [0.3, 0.4) is 0 Å². The summed E-state index contributed by atoms with van der Waals surface area (Å²) in [7, 11) is -14.4. The Bertz CT molecular complexity index is 1910. The number of azo groups is 1. The molecule has 0 bridgehead atoms. The minimum atomic E-state index is -5.06. The molecule has 0 saturated carbocycles. The van der Waals surface area contributed by atoms with Crippen molar-refractivity contribution >= 4 is 58.1 Å². The van der Waals surface area contributed by atoms with Crippen molar-refractivity contribution in [3.8, 4) is 5.75 Å². The third-order valence-corrected chi connectivity index (χ3v) is 8.38. The molecule has 4 aromatic rings. The van der Waals surface area contributed by atoms with Crippen LogP contribution in [-0.4, -0.2) is 39.5 Å². The molecule has 0 aliphatic carbocycles. The first kappa shape index (κ1) is 27.2. The number of aryl methyl sites for hydroxylation is 1. The molecule has 4 N–H and O–H groups in total. The molecule has 0 aliphatic rings. The summed E-state index contributed by atoms with van der Waals surface area (Å²) >= 11 is 0. The second-order valence-electron chi connectivity index (χ2n) is 8.05. The lowest BCUT2D eigenvalue weighted by Crippen LogP contribution is -2.14. The van der Waals surface area contributed by atoms with Gasteiger partial charge in [-0.05, 0) is 54.8 Å². The van der Waals surface area contributed by atoms with Crippen molar-refractivity contribution in [2.45, 2.75) is 21.6 Å². The second kappa shape index (κ2) is 9.77. The lowest BCUT2D eigenvalue weighted by Gasteiger charge is -2.16.